The monoisotopic (exact) mass is 376 g/mol. The normalized spacial score (nSPS) is 11.1. The molecule has 0 radical (unpaired) electrons. The van der Waals surface area contributed by atoms with Crippen LogP contribution in [0.1, 0.15) is 16.9 Å². The van der Waals surface area contributed by atoms with Gasteiger partial charge >= 0.3 is 0 Å². The lowest BCUT2D eigenvalue weighted by Crippen LogP contribution is -2.14. The summed E-state index contributed by atoms with van der Waals surface area (Å²) in [4.78, 5) is 12.4. The van der Waals surface area contributed by atoms with Crippen molar-refractivity contribution < 1.29 is 9.21 Å². The molecule has 0 saturated carbocycles. The van der Waals surface area contributed by atoms with E-state index >= 15 is 0 Å². The number of aryl methyl sites for hydroxylation is 2. The van der Waals surface area contributed by atoms with Gasteiger partial charge in [0.1, 0.15) is 23.2 Å². The van der Waals surface area contributed by atoms with Gasteiger partial charge in [-0.1, -0.05) is 29.3 Å². The van der Waals surface area contributed by atoms with E-state index in [1.54, 1.807) is 24.3 Å². The van der Waals surface area contributed by atoms with Crippen LogP contribution in [-0.2, 0) is 4.79 Å². The van der Waals surface area contributed by atoms with Crippen LogP contribution in [0.15, 0.2) is 64.6 Å². The maximum absolute atomic E-state index is 12.4. The van der Waals surface area contributed by atoms with Gasteiger partial charge in [-0.15, -0.1) is 0 Å². The van der Waals surface area contributed by atoms with Crippen LogP contribution in [0.5, 0.6) is 0 Å². The smallest absolute Gasteiger partial charge is 0.266 e. The van der Waals surface area contributed by atoms with Crippen LogP contribution in [0.3, 0.4) is 0 Å². The van der Waals surface area contributed by atoms with Crippen molar-refractivity contribution in [2.75, 3.05) is 5.32 Å². The molecule has 4 nitrogen and oxygen atoms in total. The van der Waals surface area contributed by atoms with E-state index in [2.05, 4.69) is 5.32 Å². The minimum Gasteiger partial charge on any atom is -0.457 e. The molecule has 0 aliphatic carbocycles. The largest absolute Gasteiger partial charge is 0.457 e. The fraction of sp³-hybridized carbons (Fsp3) is 0.0909. The lowest BCUT2D eigenvalue weighted by atomic mass is 10.1. The van der Waals surface area contributed by atoms with Gasteiger partial charge in [0.25, 0.3) is 5.91 Å². The van der Waals surface area contributed by atoms with E-state index in [1.165, 1.54) is 6.08 Å². The molecule has 0 saturated heterocycles. The van der Waals surface area contributed by atoms with Crippen molar-refractivity contribution in [1.29, 1.82) is 5.26 Å². The van der Waals surface area contributed by atoms with Crippen molar-refractivity contribution in [3.8, 4) is 17.4 Å². The van der Waals surface area contributed by atoms with Crippen molar-refractivity contribution >= 4 is 29.3 Å². The van der Waals surface area contributed by atoms with Crippen LogP contribution in [0, 0.1) is 25.2 Å². The number of carbonyl (C=O) groups is 1. The van der Waals surface area contributed by atoms with E-state index < -0.39 is 5.91 Å². The first-order valence-corrected chi connectivity index (χ1v) is 8.70. The standard InChI is InChI=1S/C22H17ClN2O2/c1-14-3-9-20(15(2)11-14)25-22(26)17(13-24)12-19-8-10-21(27-19)16-4-6-18(23)7-5-16/h3-12H,1-2H3,(H,25,26)/b17-12-. The van der Waals surface area contributed by atoms with Gasteiger partial charge in [0.2, 0.25) is 0 Å². The molecule has 0 aliphatic heterocycles. The Labute approximate surface area is 162 Å². The molecule has 3 rings (SSSR count). The fourth-order valence-electron chi connectivity index (χ4n) is 2.63. The van der Waals surface area contributed by atoms with Crippen LogP contribution >= 0.6 is 11.6 Å². The number of hydrogen-bond acceptors (Lipinski definition) is 3. The zero-order chi connectivity index (χ0) is 19.4. The fourth-order valence-corrected chi connectivity index (χ4v) is 2.76. The van der Waals surface area contributed by atoms with Gasteiger partial charge in [-0.05, 0) is 61.9 Å². The van der Waals surface area contributed by atoms with E-state index in [4.69, 9.17) is 16.0 Å². The van der Waals surface area contributed by atoms with E-state index in [-0.39, 0.29) is 5.57 Å². The van der Waals surface area contributed by atoms with Gasteiger partial charge in [-0.2, -0.15) is 5.26 Å². The number of nitrogens with zero attached hydrogens (tertiary/aromatic N) is 1. The Morgan fingerprint density at radius 3 is 2.52 bits per heavy atom. The molecule has 3 aromatic rings. The molecular formula is C22H17ClN2O2. The Balaban J connectivity index is 1.81. The molecule has 1 amide bonds. The Bertz CT molecular complexity index is 1060. The summed E-state index contributed by atoms with van der Waals surface area (Å²) < 4.78 is 5.73. The number of nitrogens with one attached hydrogen (secondary N) is 1. The summed E-state index contributed by atoms with van der Waals surface area (Å²) in [5.74, 6) is 0.575. The van der Waals surface area contributed by atoms with Gasteiger partial charge in [-0.3, -0.25) is 4.79 Å². The zero-order valence-corrected chi connectivity index (χ0v) is 15.7. The maximum Gasteiger partial charge on any atom is 0.266 e. The number of anilines is 1. The number of benzene rings is 2. The highest BCUT2D eigenvalue weighted by molar-refractivity contribution is 6.30. The first-order valence-electron chi connectivity index (χ1n) is 8.32. The highest BCUT2D eigenvalue weighted by atomic mass is 35.5. The average Bonchev–Trinajstić information content (AvgIpc) is 3.11. The maximum atomic E-state index is 12.4. The first-order chi connectivity index (χ1) is 13.0. The minimum atomic E-state index is -0.478. The highest BCUT2D eigenvalue weighted by Crippen LogP contribution is 2.25. The third-order valence-corrected chi connectivity index (χ3v) is 4.29. The number of nitriles is 1. The van der Waals surface area contributed by atoms with Crippen molar-refractivity contribution in [1.82, 2.24) is 0 Å². The predicted molar refractivity (Wildman–Crippen MR) is 107 cm³/mol. The SMILES string of the molecule is Cc1ccc(NC(=O)/C(C#N)=C\c2ccc(-c3ccc(Cl)cc3)o2)c(C)c1. The summed E-state index contributed by atoms with van der Waals surface area (Å²) in [6, 6.07) is 18.3. The molecule has 1 heterocycles. The second kappa shape index (κ2) is 7.94. The van der Waals surface area contributed by atoms with Crippen LogP contribution in [-0.4, -0.2) is 5.91 Å². The number of halogens is 1. The molecule has 2 aromatic carbocycles. The van der Waals surface area contributed by atoms with Gasteiger partial charge in [0.15, 0.2) is 0 Å². The van der Waals surface area contributed by atoms with Crippen LogP contribution in [0.2, 0.25) is 5.02 Å². The Morgan fingerprint density at radius 2 is 1.85 bits per heavy atom. The van der Waals surface area contributed by atoms with Gasteiger partial charge in [0.05, 0.1) is 0 Å². The Kier molecular flexibility index (Phi) is 5.44. The molecular weight excluding hydrogens is 360 g/mol. The first kappa shape index (κ1) is 18.5. The summed E-state index contributed by atoms with van der Waals surface area (Å²) in [5.41, 5.74) is 3.54. The summed E-state index contributed by atoms with van der Waals surface area (Å²) in [7, 11) is 0. The van der Waals surface area contributed by atoms with E-state index in [9.17, 15) is 10.1 Å². The predicted octanol–water partition coefficient (Wildman–Crippen LogP) is 5.76. The summed E-state index contributed by atoms with van der Waals surface area (Å²) in [6.45, 7) is 3.89. The lowest BCUT2D eigenvalue weighted by molar-refractivity contribution is -0.112. The summed E-state index contributed by atoms with van der Waals surface area (Å²) >= 11 is 5.89. The highest BCUT2D eigenvalue weighted by Gasteiger charge is 2.12. The van der Waals surface area contributed by atoms with Crippen molar-refractivity contribution in [3.05, 3.63) is 82.1 Å². The summed E-state index contributed by atoms with van der Waals surface area (Å²) in [5, 5.41) is 12.8. The van der Waals surface area contributed by atoms with Gasteiger partial charge in [0, 0.05) is 22.3 Å². The molecule has 27 heavy (non-hydrogen) atoms. The second-order valence-electron chi connectivity index (χ2n) is 6.15. The van der Waals surface area contributed by atoms with E-state index in [1.807, 2.05) is 50.2 Å². The van der Waals surface area contributed by atoms with Crippen molar-refractivity contribution in [2.45, 2.75) is 13.8 Å². The molecule has 0 unspecified atom stereocenters. The molecule has 134 valence electrons. The molecule has 1 N–H and O–H groups in total. The molecule has 5 heteroatoms. The van der Waals surface area contributed by atoms with E-state index in [0.717, 1.165) is 16.7 Å². The molecule has 0 atom stereocenters. The second-order valence-corrected chi connectivity index (χ2v) is 6.59. The topological polar surface area (TPSA) is 66.0 Å². The van der Waals surface area contributed by atoms with Gasteiger partial charge < -0.3 is 9.73 Å². The number of amides is 1. The molecule has 1 aromatic heterocycles. The van der Waals surface area contributed by atoms with Crippen molar-refractivity contribution in [2.24, 2.45) is 0 Å². The number of rotatable bonds is 4. The molecule has 0 bridgehead atoms. The zero-order valence-electron chi connectivity index (χ0n) is 14.9. The van der Waals surface area contributed by atoms with Crippen molar-refractivity contribution in [3.63, 3.8) is 0 Å². The Morgan fingerprint density at radius 1 is 1.11 bits per heavy atom. The quantitative estimate of drug-likeness (QED) is 0.464. The molecule has 0 spiro atoms. The number of carbonyl (C=O) groups excluding carboxylic acids is 1. The van der Waals surface area contributed by atoms with Crippen LogP contribution in [0.4, 0.5) is 5.69 Å². The number of hydrogen-bond donors (Lipinski definition) is 1. The third-order valence-electron chi connectivity index (χ3n) is 4.04. The van der Waals surface area contributed by atoms with Crippen LogP contribution in [0.25, 0.3) is 17.4 Å². The minimum absolute atomic E-state index is 0.0352. The average molecular weight is 377 g/mol. The molecule has 0 fully saturated rings. The summed E-state index contributed by atoms with van der Waals surface area (Å²) in [6.07, 6.45) is 1.43. The third kappa shape index (κ3) is 4.46. The van der Waals surface area contributed by atoms with Crippen LogP contribution < -0.4 is 5.32 Å². The van der Waals surface area contributed by atoms with E-state index in [0.29, 0.717) is 22.2 Å². The van der Waals surface area contributed by atoms with Gasteiger partial charge in [-0.25, -0.2) is 0 Å². The molecule has 0 aliphatic rings. The number of furan rings is 1. The Hall–Kier alpha value is -3.29. The lowest BCUT2D eigenvalue weighted by Gasteiger charge is -2.08.